The lowest BCUT2D eigenvalue weighted by atomic mass is 9.48. The second kappa shape index (κ2) is 10.6. The number of benzene rings is 2. The van der Waals surface area contributed by atoms with E-state index < -0.39 is 10.0 Å². The van der Waals surface area contributed by atoms with Crippen molar-refractivity contribution in [1.82, 2.24) is 4.31 Å². The molecule has 2 aromatic rings. The minimum absolute atomic E-state index is 0.0780. The van der Waals surface area contributed by atoms with E-state index in [2.05, 4.69) is 22.5 Å². The third-order valence-electron chi connectivity index (χ3n) is 9.97. The number of sulfonamides is 1. The fraction of sp³-hybridized carbons (Fsp3) is 0.567. The summed E-state index contributed by atoms with van der Waals surface area (Å²) >= 11 is 0. The van der Waals surface area contributed by atoms with E-state index in [1.165, 1.54) is 61.9 Å². The van der Waals surface area contributed by atoms with Crippen LogP contribution in [0.25, 0.3) is 0 Å². The van der Waals surface area contributed by atoms with Crippen molar-refractivity contribution >= 4 is 38.7 Å². The van der Waals surface area contributed by atoms with E-state index in [0.29, 0.717) is 37.6 Å². The summed E-state index contributed by atoms with van der Waals surface area (Å²) in [5.74, 6) is 2.18. The molecule has 2 aromatic carbocycles. The van der Waals surface area contributed by atoms with Crippen LogP contribution >= 0.6 is 0 Å². The van der Waals surface area contributed by atoms with Gasteiger partial charge in [0.05, 0.1) is 9.82 Å². The van der Waals surface area contributed by atoms with Crippen molar-refractivity contribution in [2.45, 2.75) is 63.3 Å². The van der Waals surface area contributed by atoms with Gasteiger partial charge in [0.1, 0.15) is 5.69 Å². The summed E-state index contributed by atoms with van der Waals surface area (Å²) in [4.78, 5) is 25.2. The first-order chi connectivity index (χ1) is 19.5. The van der Waals surface area contributed by atoms with Gasteiger partial charge in [-0.25, -0.2) is 8.42 Å². The highest BCUT2D eigenvalue weighted by Crippen LogP contribution is 2.61. The van der Waals surface area contributed by atoms with Crippen LogP contribution in [0.4, 0.5) is 22.7 Å². The highest BCUT2D eigenvalue weighted by molar-refractivity contribution is 7.89. The molecule has 4 aliphatic carbocycles. The Morgan fingerprint density at radius 3 is 2.10 bits per heavy atom. The van der Waals surface area contributed by atoms with Crippen molar-refractivity contribution in [3.8, 4) is 0 Å². The molecule has 7 rings (SSSR count). The maximum absolute atomic E-state index is 13.3. The lowest BCUT2D eigenvalue weighted by Crippen LogP contribution is -2.53. The van der Waals surface area contributed by atoms with Gasteiger partial charge in [-0.2, -0.15) is 4.31 Å². The normalized spacial score (nSPS) is 28.3. The second-order valence-corrected chi connectivity index (χ2v) is 14.6. The standard InChI is InChI=1S/C30H39N5O5S/c1-20(30-17-22-13-23(18-30)15-24(14-22)19-30)31-28-16-26(5-8-29(28)35(37)38)33-9-11-34(12-10-33)41(39,40)27-6-3-25(4-7-27)32-21(2)36/h3-8,16,20,22-24,31H,9-15,17-19H2,1-2H3,(H,32,36). The van der Waals surface area contributed by atoms with Crippen LogP contribution < -0.4 is 15.5 Å². The van der Waals surface area contributed by atoms with Crippen molar-refractivity contribution in [3.05, 3.63) is 52.6 Å². The molecule has 4 bridgehead atoms. The van der Waals surface area contributed by atoms with Crippen molar-refractivity contribution in [1.29, 1.82) is 0 Å². The van der Waals surface area contributed by atoms with Crippen molar-refractivity contribution in [3.63, 3.8) is 0 Å². The van der Waals surface area contributed by atoms with Crippen molar-refractivity contribution < 1.29 is 18.1 Å². The smallest absolute Gasteiger partial charge is 0.292 e. The Morgan fingerprint density at radius 2 is 1.56 bits per heavy atom. The molecular formula is C30H39N5O5S. The van der Waals surface area contributed by atoms with E-state index in [0.717, 1.165) is 23.4 Å². The van der Waals surface area contributed by atoms with Gasteiger partial charge < -0.3 is 15.5 Å². The maximum Gasteiger partial charge on any atom is 0.292 e. The van der Waals surface area contributed by atoms with Crippen LogP contribution in [0.2, 0.25) is 0 Å². The highest BCUT2D eigenvalue weighted by atomic mass is 32.2. The van der Waals surface area contributed by atoms with E-state index >= 15 is 0 Å². The first-order valence-corrected chi connectivity index (χ1v) is 16.1. The molecule has 1 aliphatic heterocycles. The molecular weight excluding hydrogens is 542 g/mol. The zero-order valence-electron chi connectivity index (χ0n) is 23.7. The number of carbonyl (C=O) groups is 1. The van der Waals surface area contributed by atoms with Crippen LogP contribution in [0.3, 0.4) is 0 Å². The summed E-state index contributed by atoms with van der Waals surface area (Å²) in [7, 11) is -3.68. The summed E-state index contributed by atoms with van der Waals surface area (Å²) in [6.07, 6.45) is 7.70. The third-order valence-corrected chi connectivity index (χ3v) is 11.9. The lowest BCUT2D eigenvalue weighted by molar-refractivity contribution is -0.384. The molecule has 10 nitrogen and oxygen atoms in total. The van der Waals surface area contributed by atoms with Gasteiger partial charge in [0.15, 0.2) is 0 Å². The number of nitrogens with one attached hydrogen (secondary N) is 2. The maximum atomic E-state index is 13.3. The summed E-state index contributed by atoms with van der Waals surface area (Å²) < 4.78 is 28.0. The SMILES string of the molecule is CC(=O)Nc1ccc(S(=O)(=O)N2CCN(c3ccc([N+](=O)[O-])c(NC(C)C45CC6CC(CC(C6)C4)C5)c3)CC2)cc1. The largest absolute Gasteiger partial charge is 0.376 e. The molecule has 0 radical (unpaired) electrons. The Balaban J connectivity index is 1.15. The number of amides is 1. The molecule has 0 spiro atoms. The molecule has 41 heavy (non-hydrogen) atoms. The fourth-order valence-electron chi connectivity index (χ4n) is 8.34. The zero-order chi connectivity index (χ0) is 28.9. The summed E-state index contributed by atoms with van der Waals surface area (Å²) in [5.41, 5.74) is 2.23. The molecule has 5 fully saturated rings. The van der Waals surface area contributed by atoms with E-state index in [-0.39, 0.29) is 32.9 Å². The minimum atomic E-state index is -3.68. The van der Waals surface area contributed by atoms with Gasteiger partial charge in [0.25, 0.3) is 5.69 Å². The van der Waals surface area contributed by atoms with Gasteiger partial charge in [0, 0.05) is 56.6 Å². The van der Waals surface area contributed by atoms with Gasteiger partial charge in [-0.15, -0.1) is 0 Å². The van der Waals surface area contributed by atoms with E-state index in [1.54, 1.807) is 24.3 Å². The second-order valence-electron chi connectivity index (χ2n) is 12.7. The molecule has 220 valence electrons. The van der Waals surface area contributed by atoms with Crippen LogP contribution in [0.1, 0.15) is 52.4 Å². The molecule has 2 N–H and O–H groups in total. The van der Waals surface area contributed by atoms with Crippen LogP contribution in [0.5, 0.6) is 0 Å². The number of carbonyl (C=O) groups excluding carboxylic acids is 1. The predicted molar refractivity (Wildman–Crippen MR) is 159 cm³/mol. The third kappa shape index (κ3) is 5.41. The van der Waals surface area contributed by atoms with E-state index in [9.17, 15) is 23.3 Å². The van der Waals surface area contributed by atoms with Crippen LogP contribution in [0, 0.1) is 33.3 Å². The predicted octanol–water partition coefficient (Wildman–Crippen LogP) is 5.08. The van der Waals surface area contributed by atoms with E-state index in [1.807, 2.05) is 6.07 Å². The number of rotatable bonds is 8. The number of nitrogens with zero attached hydrogens (tertiary/aromatic N) is 3. The van der Waals surface area contributed by atoms with Crippen LogP contribution in [-0.4, -0.2) is 55.8 Å². The van der Waals surface area contributed by atoms with Crippen LogP contribution in [0.15, 0.2) is 47.4 Å². The Kier molecular flexibility index (Phi) is 7.22. The average molecular weight is 582 g/mol. The monoisotopic (exact) mass is 581 g/mol. The number of nitro groups is 1. The summed E-state index contributed by atoms with van der Waals surface area (Å²) in [6.45, 7) is 5.17. The Bertz CT molecular complexity index is 1400. The fourth-order valence-corrected chi connectivity index (χ4v) is 9.76. The first-order valence-electron chi connectivity index (χ1n) is 14.7. The number of hydrogen-bond acceptors (Lipinski definition) is 7. The molecule has 0 aromatic heterocycles. The van der Waals surface area contributed by atoms with Gasteiger partial charge in [-0.1, -0.05) is 0 Å². The number of hydrogen-bond donors (Lipinski definition) is 2. The number of anilines is 3. The summed E-state index contributed by atoms with van der Waals surface area (Å²) in [6, 6.07) is 11.5. The van der Waals surface area contributed by atoms with Crippen molar-refractivity contribution in [2.24, 2.45) is 23.2 Å². The molecule has 5 aliphatic rings. The quantitative estimate of drug-likeness (QED) is 0.329. The van der Waals surface area contributed by atoms with Gasteiger partial charge in [-0.3, -0.25) is 14.9 Å². The topological polar surface area (TPSA) is 125 Å². The van der Waals surface area contributed by atoms with Gasteiger partial charge >= 0.3 is 0 Å². The molecule has 1 unspecified atom stereocenters. The molecule has 11 heteroatoms. The highest BCUT2D eigenvalue weighted by Gasteiger charge is 2.53. The summed E-state index contributed by atoms with van der Waals surface area (Å²) in [5, 5.41) is 18.2. The van der Waals surface area contributed by atoms with Crippen LogP contribution in [-0.2, 0) is 14.8 Å². The molecule has 1 amide bonds. The zero-order valence-corrected chi connectivity index (χ0v) is 24.5. The van der Waals surface area contributed by atoms with Gasteiger partial charge in [-0.05, 0) is 105 Å². The number of piperazine rings is 1. The molecule has 1 atom stereocenters. The minimum Gasteiger partial charge on any atom is -0.376 e. The molecule has 1 heterocycles. The van der Waals surface area contributed by atoms with Crippen molar-refractivity contribution in [2.75, 3.05) is 41.7 Å². The average Bonchev–Trinajstić information content (AvgIpc) is 2.92. The lowest BCUT2D eigenvalue weighted by Gasteiger charge is -2.59. The number of nitro benzene ring substituents is 1. The molecule has 1 saturated heterocycles. The first kappa shape index (κ1) is 28.0. The van der Waals surface area contributed by atoms with Gasteiger partial charge in [0.2, 0.25) is 15.9 Å². The molecule has 4 saturated carbocycles. The Labute approximate surface area is 241 Å². The van der Waals surface area contributed by atoms with E-state index in [4.69, 9.17) is 0 Å². The Hall–Kier alpha value is -3.18. The Morgan fingerprint density at radius 1 is 0.976 bits per heavy atom.